The van der Waals surface area contributed by atoms with Gasteiger partial charge >= 0.3 is 0 Å². The fraction of sp³-hybridized carbons (Fsp3) is 0.368. The van der Waals surface area contributed by atoms with Crippen molar-refractivity contribution in [2.45, 2.75) is 37.2 Å². The van der Waals surface area contributed by atoms with E-state index in [9.17, 15) is 13.5 Å². The highest BCUT2D eigenvalue weighted by Crippen LogP contribution is 2.24. The molecule has 26 heavy (non-hydrogen) atoms. The van der Waals surface area contributed by atoms with Gasteiger partial charge in [0.25, 0.3) is 0 Å². The van der Waals surface area contributed by atoms with Crippen LogP contribution in [-0.4, -0.2) is 32.8 Å². The summed E-state index contributed by atoms with van der Waals surface area (Å²) in [7, 11) is -3.66. The maximum Gasteiger partial charge on any atom is 0.240 e. The van der Waals surface area contributed by atoms with Crippen molar-refractivity contribution >= 4 is 26.0 Å². The largest absolute Gasteiger partial charge is 0.491 e. The maximum absolute atomic E-state index is 12.2. The molecule has 2 N–H and O–H groups in total. The molecule has 0 fully saturated rings. The van der Waals surface area contributed by atoms with E-state index in [2.05, 4.69) is 41.4 Å². The van der Waals surface area contributed by atoms with Crippen molar-refractivity contribution in [1.82, 2.24) is 4.72 Å². The minimum atomic E-state index is -3.66. The van der Waals surface area contributed by atoms with Crippen LogP contribution in [0.4, 0.5) is 0 Å². The summed E-state index contributed by atoms with van der Waals surface area (Å²) < 4.78 is 33.1. The van der Waals surface area contributed by atoms with Crippen molar-refractivity contribution in [3.05, 3.63) is 58.6 Å². The lowest BCUT2D eigenvalue weighted by molar-refractivity contribution is 0.111. The number of aliphatic hydroxyl groups is 1. The highest BCUT2D eigenvalue weighted by atomic mass is 79.9. The third-order valence-electron chi connectivity index (χ3n) is 3.80. The molecule has 5 nitrogen and oxygen atoms in total. The molecule has 0 heterocycles. The average molecular weight is 442 g/mol. The van der Waals surface area contributed by atoms with Crippen LogP contribution in [0.5, 0.6) is 5.75 Å². The van der Waals surface area contributed by atoms with E-state index in [0.717, 1.165) is 4.47 Å². The maximum atomic E-state index is 12.2. The third kappa shape index (κ3) is 6.09. The van der Waals surface area contributed by atoms with Crippen LogP contribution in [0.3, 0.4) is 0 Å². The molecule has 2 aromatic carbocycles. The summed E-state index contributed by atoms with van der Waals surface area (Å²) in [6, 6.07) is 13.9. The minimum absolute atomic E-state index is 0.00226. The summed E-state index contributed by atoms with van der Waals surface area (Å²) in [6.07, 6.45) is -0.956. The number of rotatable bonds is 7. The van der Waals surface area contributed by atoms with Crippen LogP contribution < -0.4 is 9.46 Å². The Morgan fingerprint density at radius 2 is 1.65 bits per heavy atom. The van der Waals surface area contributed by atoms with E-state index >= 15 is 0 Å². The Kier molecular flexibility index (Phi) is 6.85. The molecular formula is C19H24BrNO4S. The van der Waals surface area contributed by atoms with Gasteiger partial charge in [0.1, 0.15) is 18.5 Å². The topological polar surface area (TPSA) is 75.6 Å². The first kappa shape index (κ1) is 20.9. The summed E-state index contributed by atoms with van der Waals surface area (Å²) in [4.78, 5) is 0.145. The Morgan fingerprint density at radius 1 is 1.08 bits per heavy atom. The van der Waals surface area contributed by atoms with Crippen molar-refractivity contribution in [2.75, 3.05) is 13.2 Å². The zero-order valence-corrected chi connectivity index (χ0v) is 17.5. The standard InChI is InChI=1S/C19H24BrNO4S/c1-19(2,3)14-4-8-17(9-5-14)25-13-16(22)12-21-26(23,24)18-10-6-15(20)7-11-18/h4-11,16,21-22H,12-13H2,1-3H3/t16-/m1/s1. The van der Waals surface area contributed by atoms with Crippen LogP contribution in [0.2, 0.25) is 0 Å². The number of hydrogen-bond donors (Lipinski definition) is 2. The summed E-state index contributed by atoms with van der Waals surface area (Å²) in [5.41, 5.74) is 1.25. The van der Waals surface area contributed by atoms with Crippen LogP contribution in [0.15, 0.2) is 57.9 Å². The Labute approximate surface area is 163 Å². The number of hydrogen-bond acceptors (Lipinski definition) is 4. The zero-order valence-electron chi connectivity index (χ0n) is 15.1. The molecule has 0 amide bonds. The van der Waals surface area contributed by atoms with Crippen molar-refractivity contribution in [1.29, 1.82) is 0 Å². The first-order valence-corrected chi connectivity index (χ1v) is 10.5. The predicted octanol–water partition coefficient (Wildman–Crippen LogP) is 3.46. The highest BCUT2D eigenvalue weighted by molar-refractivity contribution is 9.10. The van der Waals surface area contributed by atoms with E-state index in [1.54, 1.807) is 12.1 Å². The average Bonchev–Trinajstić information content (AvgIpc) is 2.58. The van der Waals surface area contributed by atoms with Gasteiger partial charge in [-0.15, -0.1) is 0 Å². The van der Waals surface area contributed by atoms with E-state index in [0.29, 0.717) is 5.75 Å². The molecule has 0 aliphatic rings. The molecule has 142 valence electrons. The highest BCUT2D eigenvalue weighted by Gasteiger charge is 2.16. The Hall–Kier alpha value is -1.41. The molecule has 0 saturated heterocycles. The van der Waals surface area contributed by atoms with Crippen LogP contribution in [0.25, 0.3) is 0 Å². The molecule has 2 aromatic rings. The van der Waals surface area contributed by atoms with Gasteiger partial charge in [-0.05, 0) is 47.4 Å². The molecule has 0 saturated carbocycles. The first-order chi connectivity index (χ1) is 12.1. The first-order valence-electron chi connectivity index (χ1n) is 8.24. The molecule has 7 heteroatoms. The zero-order chi connectivity index (χ0) is 19.4. The molecule has 0 aromatic heterocycles. The van der Waals surface area contributed by atoms with Gasteiger partial charge in [0.15, 0.2) is 0 Å². The molecule has 0 bridgehead atoms. The van der Waals surface area contributed by atoms with Gasteiger partial charge in [-0.2, -0.15) is 0 Å². The number of sulfonamides is 1. The van der Waals surface area contributed by atoms with Crippen molar-refractivity contribution < 1.29 is 18.3 Å². The normalized spacial score (nSPS) is 13.4. The number of halogens is 1. The summed E-state index contributed by atoms with van der Waals surface area (Å²) in [6.45, 7) is 6.26. The third-order valence-corrected chi connectivity index (χ3v) is 5.76. The number of benzene rings is 2. The fourth-order valence-corrected chi connectivity index (χ4v) is 3.54. The Balaban J connectivity index is 1.85. The van der Waals surface area contributed by atoms with Gasteiger partial charge in [-0.25, -0.2) is 13.1 Å². The van der Waals surface area contributed by atoms with Crippen LogP contribution in [0, 0.1) is 0 Å². The summed E-state index contributed by atoms with van der Waals surface area (Å²) >= 11 is 3.26. The lowest BCUT2D eigenvalue weighted by atomic mass is 9.87. The lowest BCUT2D eigenvalue weighted by Gasteiger charge is -2.19. The quantitative estimate of drug-likeness (QED) is 0.689. The summed E-state index contributed by atoms with van der Waals surface area (Å²) in [5.74, 6) is 0.632. The number of ether oxygens (including phenoxy) is 1. The van der Waals surface area contributed by atoms with Gasteiger partial charge in [-0.3, -0.25) is 0 Å². The molecule has 2 rings (SSSR count). The van der Waals surface area contributed by atoms with E-state index in [1.807, 2.05) is 24.3 Å². The van der Waals surface area contributed by atoms with E-state index in [-0.39, 0.29) is 23.5 Å². The number of aliphatic hydroxyl groups excluding tert-OH is 1. The van der Waals surface area contributed by atoms with Crippen molar-refractivity contribution in [2.24, 2.45) is 0 Å². The smallest absolute Gasteiger partial charge is 0.240 e. The van der Waals surface area contributed by atoms with E-state index in [4.69, 9.17) is 4.74 Å². The second-order valence-corrected chi connectivity index (χ2v) is 9.73. The Bertz CT molecular complexity index is 812. The molecule has 0 spiro atoms. The molecular weight excluding hydrogens is 418 g/mol. The molecule has 1 atom stereocenters. The van der Waals surface area contributed by atoms with Crippen LogP contribution >= 0.6 is 15.9 Å². The van der Waals surface area contributed by atoms with Gasteiger partial charge in [0, 0.05) is 11.0 Å². The van der Waals surface area contributed by atoms with Gasteiger partial charge in [0.05, 0.1) is 4.90 Å². The molecule has 0 aliphatic carbocycles. The molecule has 0 radical (unpaired) electrons. The molecule has 0 aliphatic heterocycles. The van der Waals surface area contributed by atoms with Gasteiger partial charge in [-0.1, -0.05) is 48.8 Å². The molecule has 0 unspecified atom stereocenters. The number of nitrogens with one attached hydrogen (secondary N) is 1. The van der Waals surface area contributed by atoms with Crippen molar-refractivity contribution in [3.8, 4) is 5.75 Å². The lowest BCUT2D eigenvalue weighted by Crippen LogP contribution is -2.35. The minimum Gasteiger partial charge on any atom is -0.491 e. The fourth-order valence-electron chi connectivity index (χ4n) is 2.21. The van der Waals surface area contributed by atoms with Crippen LogP contribution in [-0.2, 0) is 15.4 Å². The predicted molar refractivity (Wildman–Crippen MR) is 106 cm³/mol. The van der Waals surface area contributed by atoms with Crippen molar-refractivity contribution in [3.63, 3.8) is 0 Å². The summed E-state index contributed by atoms with van der Waals surface area (Å²) in [5, 5.41) is 9.99. The monoisotopic (exact) mass is 441 g/mol. The second kappa shape index (κ2) is 8.52. The second-order valence-electron chi connectivity index (χ2n) is 7.05. The Morgan fingerprint density at radius 3 is 2.19 bits per heavy atom. The van der Waals surface area contributed by atoms with E-state index in [1.165, 1.54) is 17.7 Å². The van der Waals surface area contributed by atoms with Crippen LogP contribution in [0.1, 0.15) is 26.3 Å². The SMILES string of the molecule is CC(C)(C)c1ccc(OC[C@H](O)CNS(=O)(=O)c2ccc(Br)cc2)cc1. The van der Waals surface area contributed by atoms with E-state index < -0.39 is 16.1 Å². The van der Waals surface area contributed by atoms with Gasteiger partial charge in [0.2, 0.25) is 10.0 Å². The van der Waals surface area contributed by atoms with Gasteiger partial charge < -0.3 is 9.84 Å².